The van der Waals surface area contributed by atoms with Crippen LogP contribution in [0.25, 0.3) is 16.7 Å². The zero-order valence-corrected chi connectivity index (χ0v) is 25.8. The van der Waals surface area contributed by atoms with Gasteiger partial charge >= 0.3 is 0 Å². The van der Waals surface area contributed by atoms with Crippen molar-refractivity contribution in [3.8, 4) is 11.4 Å². The Morgan fingerprint density at radius 3 is 2.52 bits per heavy atom. The van der Waals surface area contributed by atoms with Gasteiger partial charge in [-0.1, -0.05) is 66.7 Å². The van der Waals surface area contributed by atoms with Gasteiger partial charge in [-0.15, -0.1) is 0 Å². The molecule has 0 saturated carbocycles. The molecule has 0 bridgehead atoms. The topological polar surface area (TPSA) is 102 Å². The van der Waals surface area contributed by atoms with Crippen LogP contribution in [0.5, 0.6) is 5.75 Å². The van der Waals surface area contributed by atoms with E-state index in [0.717, 1.165) is 36.5 Å². The number of hydrogen-bond acceptors (Lipinski definition) is 6. The summed E-state index contributed by atoms with van der Waals surface area (Å²) < 4.78 is 9.38. The maximum absolute atomic E-state index is 13.7. The van der Waals surface area contributed by atoms with Crippen LogP contribution in [0.1, 0.15) is 36.3 Å². The third-order valence-electron chi connectivity index (χ3n) is 9.51. The van der Waals surface area contributed by atoms with Crippen molar-refractivity contribution in [1.29, 1.82) is 0 Å². The number of carbonyl (C=O) groups excluding carboxylic acids is 1. The number of nitrogens with zero attached hydrogens (tertiary/aromatic N) is 4. The van der Waals surface area contributed by atoms with Gasteiger partial charge in [0.2, 0.25) is 5.91 Å². The number of fused-ring (bicyclic) bond motifs is 1. The van der Waals surface area contributed by atoms with Gasteiger partial charge in [-0.2, -0.15) is 0 Å². The van der Waals surface area contributed by atoms with Crippen LogP contribution in [-0.4, -0.2) is 61.8 Å². The fourth-order valence-electron chi connectivity index (χ4n) is 6.90. The number of benzene rings is 3. The zero-order valence-electron chi connectivity index (χ0n) is 25.8. The highest BCUT2D eigenvalue weighted by molar-refractivity contribution is 5.80. The Bertz CT molecular complexity index is 1860. The fourth-order valence-corrected chi connectivity index (χ4v) is 6.90. The van der Waals surface area contributed by atoms with E-state index >= 15 is 0 Å². The van der Waals surface area contributed by atoms with Crippen molar-refractivity contribution in [3.05, 3.63) is 125 Å². The van der Waals surface area contributed by atoms with E-state index in [1.807, 2.05) is 88.5 Å². The predicted octanol–water partition coefficient (Wildman–Crippen LogP) is 4.51. The Balaban J connectivity index is 1.02. The van der Waals surface area contributed by atoms with Crippen LogP contribution in [0.4, 0.5) is 0 Å². The molecule has 0 unspecified atom stereocenters. The highest BCUT2D eigenvalue weighted by atomic mass is 16.5. The second-order valence-electron chi connectivity index (χ2n) is 12.5. The third-order valence-corrected chi connectivity index (χ3v) is 9.51. The Morgan fingerprint density at radius 2 is 1.74 bits per heavy atom. The molecule has 2 fully saturated rings. The van der Waals surface area contributed by atoms with Gasteiger partial charge in [0.15, 0.2) is 5.65 Å². The van der Waals surface area contributed by atoms with E-state index in [1.54, 1.807) is 6.07 Å². The lowest BCUT2D eigenvalue weighted by Gasteiger charge is -2.41. The molecule has 9 heteroatoms. The van der Waals surface area contributed by atoms with E-state index in [4.69, 9.17) is 4.74 Å². The number of carbonyl (C=O) groups is 1. The molecule has 2 aliphatic heterocycles. The van der Waals surface area contributed by atoms with Crippen molar-refractivity contribution in [1.82, 2.24) is 24.3 Å². The molecular formula is C37H39N5O4. The Kier molecular flexibility index (Phi) is 8.43. The van der Waals surface area contributed by atoms with Crippen molar-refractivity contribution < 1.29 is 14.6 Å². The van der Waals surface area contributed by atoms with Crippen LogP contribution in [0.2, 0.25) is 0 Å². The van der Waals surface area contributed by atoms with Crippen LogP contribution in [0.15, 0.2) is 108 Å². The van der Waals surface area contributed by atoms with Crippen LogP contribution in [0, 0.1) is 5.92 Å². The summed E-state index contributed by atoms with van der Waals surface area (Å²) in [5, 5.41) is 15.5. The van der Waals surface area contributed by atoms with Gasteiger partial charge in [0.05, 0.1) is 23.2 Å². The SMILES string of the molecule is O=C([C@@H]1CCNC[C@H]1c1ccccc1)N1CCC(O)(Cn2cnc3c(ccn3-c3cccc(OCc4ccccc4)c3)c2=O)CC1. The number of hydrogen-bond donors (Lipinski definition) is 2. The van der Waals surface area contributed by atoms with Gasteiger partial charge in [-0.05, 0) is 55.1 Å². The lowest BCUT2D eigenvalue weighted by atomic mass is 9.80. The first-order valence-electron chi connectivity index (χ1n) is 16.1. The summed E-state index contributed by atoms with van der Waals surface area (Å²) in [4.78, 5) is 33.8. The largest absolute Gasteiger partial charge is 0.489 e. The van der Waals surface area contributed by atoms with Crippen molar-refractivity contribution in [2.24, 2.45) is 5.92 Å². The van der Waals surface area contributed by atoms with Crippen molar-refractivity contribution in [3.63, 3.8) is 0 Å². The predicted molar refractivity (Wildman–Crippen MR) is 177 cm³/mol. The Morgan fingerprint density at radius 1 is 0.978 bits per heavy atom. The number of ether oxygens (including phenoxy) is 1. The lowest BCUT2D eigenvalue weighted by Crippen LogP contribution is -2.52. The molecule has 9 nitrogen and oxygen atoms in total. The quantitative estimate of drug-likeness (QED) is 0.266. The van der Waals surface area contributed by atoms with E-state index < -0.39 is 5.60 Å². The molecule has 46 heavy (non-hydrogen) atoms. The summed E-state index contributed by atoms with van der Waals surface area (Å²) in [6.07, 6.45) is 4.96. The minimum Gasteiger partial charge on any atom is -0.489 e. The monoisotopic (exact) mass is 617 g/mol. The van der Waals surface area contributed by atoms with Crippen LogP contribution in [-0.2, 0) is 17.9 Å². The normalized spacial score (nSPS) is 19.6. The van der Waals surface area contributed by atoms with Crippen LogP contribution in [0.3, 0.4) is 0 Å². The molecule has 0 radical (unpaired) electrons. The van der Waals surface area contributed by atoms with Crippen molar-refractivity contribution in [2.45, 2.75) is 43.9 Å². The summed E-state index contributed by atoms with van der Waals surface area (Å²) in [7, 11) is 0. The molecule has 0 spiro atoms. The first kappa shape index (κ1) is 30.0. The first-order chi connectivity index (χ1) is 22.5. The third kappa shape index (κ3) is 6.21. The number of amides is 1. The second kappa shape index (κ2) is 12.9. The van der Waals surface area contributed by atoms with Gasteiger partial charge in [-0.3, -0.25) is 14.2 Å². The number of aromatic nitrogens is 3. The molecule has 1 amide bonds. The summed E-state index contributed by atoms with van der Waals surface area (Å²) in [5.74, 6) is 0.938. The van der Waals surface area contributed by atoms with E-state index in [9.17, 15) is 14.7 Å². The second-order valence-corrected chi connectivity index (χ2v) is 12.5. The zero-order chi connectivity index (χ0) is 31.5. The summed E-state index contributed by atoms with van der Waals surface area (Å²) >= 11 is 0. The van der Waals surface area contributed by atoms with Gasteiger partial charge in [0.25, 0.3) is 5.56 Å². The van der Waals surface area contributed by atoms with E-state index in [1.165, 1.54) is 16.5 Å². The number of piperidine rings is 2. The highest BCUT2D eigenvalue weighted by Gasteiger charge is 2.39. The maximum Gasteiger partial charge on any atom is 0.262 e. The minimum atomic E-state index is -1.10. The van der Waals surface area contributed by atoms with Gasteiger partial charge in [-0.25, -0.2) is 4.98 Å². The Hall–Kier alpha value is -4.73. The highest BCUT2D eigenvalue weighted by Crippen LogP contribution is 2.33. The van der Waals surface area contributed by atoms with Crippen LogP contribution < -0.4 is 15.6 Å². The maximum atomic E-state index is 13.7. The molecule has 4 heterocycles. The molecule has 2 atom stereocenters. The molecule has 0 aliphatic carbocycles. The summed E-state index contributed by atoms with van der Waals surface area (Å²) in [6.45, 7) is 3.12. The average molecular weight is 618 g/mol. The Labute approximate surface area is 268 Å². The number of rotatable bonds is 8. The van der Waals surface area contributed by atoms with E-state index in [2.05, 4.69) is 22.4 Å². The van der Waals surface area contributed by atoms with Gasteiger partial charge < -0.3 is 24.6 Å². The molecule has 7 rings (SSSR count). The molecule has 3 aromatic carbocycles. The molecule has 2 aromatic heterocycles. The smallest absolute Gasteiger partial charge is 0.262 e. The van der Waals surface area contributed by atoms with Crippen molar-refractivity contribution >= 4 is 16.9 Å². The lowest BCUT2D eigenvalue weighted by molar-refractivity contribution is -0.141. The van der Waals surface area contributed by atoms with Crippen LogP contribution >= 0.6 is 0 Å². The first-order valence-corrected chi connectivity index (χ1v) is 16.1. The molecular weight excluding hydrogens is 578 g/mol. The number of likely N-dealkylation sites (tertiary alicyclic amines) is 1. The summed E-state index contributed by atoms with van der Waals surface area (Å²) in [6, 6.07) is 29.7. The molecule has 2 N–H and O–H groups in total. The standard InChI is InChI=1S/C37H39N5O4/c43-35(31-14-18-38-23-33(31)28-10-5-2-6-11-28)40-20-16-37(45,17-21-40)25-41-26-39-34-32(36(41)44)15-19-42(34)29-12-7-13-30(22-29)46-24-27-8-3-1-4-9-27/h1-13,15,19,22,26,31,33,38,45H,14,16-18,20-21,23-25H2/t31-,33+/m1/s1. The van der Waals surface area contributed by atoms with Gasteiger partial charge in [0, 0.05) is 43.7 Å². The molecule has 5 aromatic rings. The van der Waals surface area contributed by atoms with E-state index in [0.29, 0.717) is 43.6 Å². The molecule has 236 valence electrons. The summed E-state index contributed by atoms with van der Waals surface area (Å²) in [5.41, 5.74) is 2.34. The average Bonchev–Trinajstić information content (AvgIpc) is 3.55. The molecule has 2 saturated heterocycles. The minimum absolute atomic E-state index is 0.0794. The number of nitrogens with one attached hydrogen (secondary N) is 1. The van der Waals surface area contributed by atoms with E-state index in [-0.39, 0.29) is 29.8 Å². The fraction of sp³-hybridized carbons (Fsp3) is 0.324. The van der Waals surface area contributed by atoms with Crippen molar-refractivity contribution in [2.75, 3.05) is 26.2 Å². The van der Waals surface area contributed by atoms with Gasteiger partial charge in [0.1, 0.15) is 18.7 Å². The number of aliphatic hydroxyl groups is 1. The molecule has 2 aliphatic rings.